The number of halogens is 2. The fourth-order valence-electron chi connectivity index (χ4n) is 5.19. The van der Waals surface area contributed by atoms with Gasteiger partial charge in [0.05, 0.1) is 22.7 Å². The predicted octanol–water partition coefficient (Wildman–Crippen LogP) is 6.69. The monoisotopic (exact) mass is 632 g/mol. The van der Waals surface area contributed by atoms with E-state index in [2.05, 4.69) is 25.3 Å². The van der Waals surface area contributed by atoms with Crippen molar-refractivity contribution in [1.29, 1.82) is 0 Å². The van der Waals surface area contributed by atoms with Crippen LogP contribution in [0.3, 0.4) is 0 Å². The van der Waals surface area contributed by atoms with Crippen LogP contribution in [0.1, 0.15) is 24.0 Å². The molecule has 2 aromatic heterocycles. The number of piperidine rings is 1. The van der Waals surface area contributed by atoms with Crippen molar-refractivity contribution in [2.24, 2.45) is 0 Å². The molecule has 44 heavy (non-hydrogen) atoms. The zero-order valence-corrected chi connectivity index (χ0v) is 25.4. The molecule has 1 aliphatic heterocycles. The first kappa shape index (κ1) is 29.7. The van der Waals surface area contributed by atoms with Gasteiger partial charge in [0.15, 0.2) is 0 Å². The van der Waals surface area contributed by atoms with Gasteiger partial charge >= 0.3 is 0 Å². The molecule has 9 nitrogen and oxygen atoms in total. The lowest BCUT2D eigenvalue weighted by atomic mass is 10.0. The molecule has 1 atom stereocenters. The minimum Gasteiger partial charge on any atom is -0.437 e. The van der Waals surface area contributed by atoms with Crippen LogP contribution in [-0.4, -0.2) is 42.5 Å². The van der Waals surface area contributed by atoms with Crippen LogP contribution in [0.2, 0.25) is 5.02 Å². The normalized spacial score (nSPS) is 15.2. The maximum Gasteiger partial charge on any atom is 0.237 e. The molecule has 3 aromatic carbocycles. The zero-order valence-electron chi connectivity index (χ0n) is 23.8. The van der Waals surface area contributed by atoms with E-state index in [9.17, 15) is 8.42 Å². The number of rotatable bonds is 9. The topological polar surface area (TPSA) is 118 Å². The van der Waals surface area contributed by atoms with Gasteiger partial charge in [-0.2, -0.15) is 0 Å². The van der Waals surface area contributed by atoms with Crippen molar-refractivity contribution in [1.82, 2.24) is 20.3 Å². The first-order valence-electron chi connectivity index (χ1n) is 14.2. The van der Waals surface area contributed by atoms with Crippen molar-refractivity contribution in [3.8, 4) is 22.9 Å². The summed E-state index contributed by atoms with van der Waals surface area (Å²) in [5.41, 5.74) is 2.37. The Bertz CT molecular complexity index is 1920. The Kier molecular flexibility index (Phi) is 8.60. The molecule has 1 aliphatic rings. The number of nitrogens with one attached hydrogen (secondary N) is 3. The van der Waals surface area contributed by atoms with Gasteiger partial charge in [0.25, 0.3) is 0 Å². The molecule has 1 saturated heterocycles. The Hall–Kier alpha value is -4.32. The third-order valence-corrected chi connectivity index (χ3v) is 8.84. The van der Waals surface area contributed by atoms with Gasteiger partial charge in [-0.1, -0.05) is 35.9 Å². The van der Waals surface area contributed by atoms with E-state index in [4.69, 9.17) is 21.3 Å². The number of aryl methyl sites for hydroxylation is 1. The average Bonchev–Trinajstić information content (AvgIpc) is 3.02. The minimum absolute atomic E-state index is 0.161. The summed E-state index contributed by atoms with van der Waals surface area (Å²) in [6.07, 6.45) is 5.41. The van der Waals surface area contributed by atoms with E-state index in [0.29, 0.717) is 50.2 Å². The Morgan fingerprint density at radius 2 is 1.84 bits per heavy atom. The molecule has 3 N–H and O–H groups in total. The van der Waals surface area contributed by atoms with E-state index in [-0.39, 0.29) is 17.5 Å². The second-order valence-corrected chi connectivity index (χ2v) is 12.8. The summed E-state index contributed by atoms with van der Waals surface area (Å²) >= 11 is 5.93. The summed E-state index contributed by atoms with van der Waals surface area (Å²) in [6.45, 7) is 3.71. The number of sulfonamides is 1. The van der Waals surface area contributed by atoms with Gasteiger partial charge in [-0.25, -0.2) is 27.8 Å². The molecular formula is C32H30ClFN6O3S. The van der Waals surface area contributed by atoms with Crippen molar-refractivity contribution < 1.29 is 17.5 Å². The van der Waals surface area contributed by atoms with Crippen LogP contribution in [0.25, 0.3) is 22.0 Å². The molecule has 12 heteroatoms. The molecule has 0 spiro atoms. The van der Waals surface area contributed by atoms with Crippen molar-refractivity contribution in [2.75, 3.05) is 23.1 Å². The van der Waals surface area contributed by atoms with Gasteiger partial charge in [0, 0.05) is 40.8 Å². The largest absolute Gasteiger partial charge is 0.437 e. The lowest BCUT2D eigenvalue weighted by molar-refractivity contribution is 0.466. The van der Waals surface area contributed by atoms with Gasteiger partial charge < -0.3 is 15.4 Å². The van der Waals surface area contributed by atoms with Crippen molar-refractivity contribution in [3.63, 3.8) is 0 Å². The third-order valence-electron chi connectivity index (χ3n) is 7.36. The molecule has 5 aromatic rings. The summed E-state index contributed by atoms with van der Waals surface area (Å²) in [4.78, 5) is 13.6. The maximum atomic E-state index is 15.2. The van der Waals surface area contributed by atoms with Crippen molar-refractivity contribution in [3.05, 3.63) is 101 Å². The highest BCUT2D eigenvalue weighted by Gasteiger charge is 2.21. The molecule has 0 aliphatic carbocycles. The lowest BCUT2D eigenvalue weighted by Gasteiger charge is -2.23. The molecule has 6 rings (SSSR count). The highest BCUT2D eigenvalue weighted by atomic mass is 35.5. The second kappa shape index (κ2) is 12.7. The summed E-state index contributed by atoms with van der Waals surface area (Å²) in [7, 11) is -3.96. The van der Waals surface area contributed by atoms with Gasteiger partial charge in [-0.3, -0.25) is 4.72 Å². The average molecular weight is 633 g/mol. The predicted molar refractivity (Wildman–Crippen MR) is 171 cm³/mol. The number of hydrogen-bond donors (Lipinski definition) is 3. The van der Waals surface area contributed by atoms with E-state index in [1.54, 1.807) is 67.0 Å². The number of aromatic nitrogens is 3. The Balaban J connectivity index is 1.32. The standard InChI is InChI=1S/C32H30ClFN6O3S/c1-20-6-11-24-25(12-13-27(34)29(24)40-44(41,42)19-21-7-9-22(33)10-8-21)30(20)43-31-26(5-3-16-36-31)28-14-17-37-32(39-28)38-23-4-2-15-35-18-23/h3,5-14,16-17,23,35,40H,2,4,15,18-19H2,1H3,(H,37,38,39). The molecular weight excluding hydrogens is 603 g/mol. The SMILES string of the molecule is Cc1ccc2c(NS(=O)(=O)Cc3ccc(Cl)cc3)c(F)ccc2c1Oc1ncccc1-c1ccnc(NC2CCCNC2)n1. The Morgan fingerprint density at radius 3 is 2.64 bits per heavy atom. The van der Waals surface area contributed by atoms with E-state index in [1.807, 2.05) is 13.0 Å². The molecule has 3 heterocycles. The summed E-state index contributed by atoms with van der Waals surface area (Å²) in [5.74, 6) is 0.167. The van der Waals surface area contributed by atoms with Crippen molar-refractivity contribution in [2.45, 2.75) is 31.6 Å². The molecule has 0 saturated carbocycles. The van der Waals surface area contributed by atoms with Gasteiger partial charge in [0.2, 0.25) is 21.9 Å². The fourth-order valence-corrected chi connectivity index (χ4v) is 6.54. The first-order valence-corrected chi connectivity index (χ1v) is 16.2. The number of benzene rings is 3. The number of hydrogen-bond acceptors (Lipinski definition) is 8. The van der Waals surface area contributed by atoms with Crippen LogP contribution in [0.15, 0.2) is 79.1 Å². The zero-order chi connectivity index (χ0) is 30.7. The molecule has 0 radical (unpaired) electrons. The van der Waals surface area contributed by atoms with Gasteiger partial charge in [-0.05, 0) is 79.9 Å². The molecule has 0 amide bonds. The maximum absolute atomic E-state index is 15.2. The number of pyridine rings is 1. The van der Waals surface area contributed by atoms with Crippen LogP contribution in [-0.2, 0) is 15.8 Å². The summed E-state index contributed by atoms with van der Waals surface area (Å²) < 4.78 is 50.2. The summed E-state index contributed by atoms with van der Waals surface area (Å²) in [5, 5.41) is 8.13. The number of fused-ring (bicyclic) bond motifs is 1. The van der Waals surface area contributed by atoms with E-state index < -0.39 is 15.8 Å². The lowest BCUT2D eigenvalue weighted by Crippen LogP contribution is -2.38. The molecule has 1 unspecified atom stereocenters. The number of ether oxygens (including phenoxy) is 1. The molecule has 0 bridgehead atoms. The van der Waals surface area contributed by atoms with Crippen LogP contribution in [0.4, 0.5) is 16.0 Å². The summed E-state index contributed by atoms with van der Waals surface area (Å²) in [6, 6.07) is 18.3. The minimum atomic E-state index is -3.96. The number of nitrogens with zero attached hydrogens (tertiary/aromatic N) is 3. The van der Waals surface area contributed by atoms with Crippen LogP contribution in [0, 0.1) is 12.7 Å². The van der Waals surface area contributed by atoms with E-state index >= 15 is 4.39 Å². The smallest absolute Gasteiger partial charge is 0.237 e. The first-order chi connectivity index (χ1) is 21.3. The highest BCUT2D eigenvalue weighted by Crippen LogP contribution is 2.40. The third kappa shape index (κ3) is 6.75. The van der Waals surface area contributed by atoms with Crippen LogP contribution >= 0.6 is 11.6 Å². The van der Waals surface area contributed by atoms with Gasteiger partial charge in [0.1, 0.15) is 11.6 Å². The Labute approximate surface area is 259 Å². The molecule has 226 valence electrons. The van der Waals surface area contributed by atoms with E-state index in [0.717, 1.165) is 31.5 Å². The second-order valence-electron chi connectivity index (χ2n) is 10.6. The van der Waals surface area contributed by atoms with E-state index in [1.165, 1.54) is 6.07 Å². The fraction of sp³-hybridized carbons (Fsp3) is 0.219. The van der Waals surface area contributed by atoms with Crippen LogP contribution in [0.5, 0.6) is 11.6 Å². The molecule has 1 fully saturated rings. The Morgan fingerprint density at radius 1 is 1.02 bits per heavy atom. The highest BCUT2D eigenvalue weighted by molar-refractivity contribution is 7.91. The van der Waals surface area contributed by atoms with Gasteiger partial charge in [-0.15, -0.1) is 0 Å². The number of anilines is 2. The van der Waals surface area contributed by atoms with Crippen molar-refractivity contribution >= 4 is 44.0 Å². The quantitative estimate of drug-likeness (QED) is 0.164. The van der Waals surface area contributed by atoms with Crippen LogP contribution < -0.4 is 20.1 Å².